The van der Waals surface area contributed by atoms with Gasteiger partial charge < -0.3 is 24.8 Å². The van der Waals surface area contributed by atoms with Crippen LogP contribution >= 0.6 is 0 Å². The van der Waals surface area contributed by atoms with E-state index in [9.17, 15) is 14.3 Å². The molecule has 0 spiro atoms. The Morgan fingerprint density at radius 3 is 2.12 bits per heavy atom. The van der Waals surface area contributed by atoms with Crippen molar-refractivity contribution in [1.82, 2.24) is 5.32 Å². The number of benzene rings is 1. The summed E-state index contributed by atoms with van der Waals surface area (Å²) >= 11 is 0. The normalized spacial score (nSPS) is 32.2. The van der Waals surface area contributed by atoms with Crippen molar-refractivity contribution in [1.29, 1.82) is 0 Å². The second-order valence-electron chi connectivity index (χ2n) is 8.69. The van der Waals surface area contributed by atoms with Gasteiger partial charge in [-0.3, -0.25) is 0 Å². The van der Waals surface area contributed by atoms with Gasteiger partial charge in [0, 0.05) is 18.4 Å². The van der Waals surface area contributed by atoms with Crippen molar-refractivity contribution >= 4 is 18.7 Å². The second kappa shape index (κ2) is 5.68. The molecule has 6 nitrogen and oxygen atoms in total. The minimum atomic E-state index is -1.25. The van der Waals surface area contributed by atoms with Gasteiger partial charge in [0.05, 0.1) is 22.3 Å². The second-order valence-corrected chi connectivity index (χ2v) is 8.69. The molecule has 1 saturated heterocycles. The minimum Gasteiger partial charge on any atom is -0.465 e. The third kappa shape index (κ3) is 3.10. The molecule has 1 aliphatic carbocycles. The Morgan fingerprint density at radius 2 is 1.69 bits per heavy atom. The number of carboxylic acid groups (broad SMARTS) is 1. The predicted octanol–water partition coefficient (Wildman–Crippen LogP) is 2.13. The van der Waals surface area contributed by atoms with Crippen LogP contribution in [-0.2, 0) is 14.8 Å². The van der Waals surface area contributed by atoms with Gasteiger partial charge in [0.15, 0.2) is 0 Å². The molecule has 1 aromatic rings. The van der Waals surface area contributed by atoms with Crippen molar-refractivity contribution in [2.24, 2.45) is 0 Å². The van der Waals surface area contributed by atoms with Crippen LogP contribution in [0.3, 0.4) is 0 Å². The number of hydrogen-bond acceptors (Lipinski definition) is 4. The first-order valence-electron chi connectivity index (χ1n) is 8.66. The van der Waals surface area contributed by atoms with Gasteiger partial charge in [-0.15, -0.1) is 0 Å². The van der Waals surface area contributed by atoms with E-state index < -0.39 is 41.4 Å². The average molecular weight is 365 g/mol. The molecule has 1 aromatic carbocycles. The molecule has 3 rings (SSSR count). The van der Waals surface area contributed by atoms with Gasteiger partial charge in [-0.2, -0.15) is 0 Å². The summed E-state index contributed by atoms with van der Waals surface area (Å²) in [7, 11) is -0.698. The Hall–Kier alpha value is -1.64. The third-order valence-electron chi connectivity index (χ3n) is 5.75. The molecule has 2 fully saturated rings. The lowest BCUT2D eigenvalue weighted by Crippen LogP contribution is -2.62. The van der Waals surface area contributed by atoms with E-state index in [4.69, 9.17) is 14.4 Å². The molecule has 26 heavy (non-hydrogen) atoms. The van der Waals surface area contributed by atoms with Crippen molar-refractivity contribution in [2.75, 3.05) is 0 Å². The Balaban J connectivity index is 1.90. The quantitative estimate of drug-likeness (QED) is 0.715. The lowest BCUT2D eigenvalue weighted by atomic mass is 9.62. The molecule has 1 heterocycles. The fourth-order valence-corrected chi connectivity index (χ4v) is 3.84. The Labute approximate surface area is 152 Å². The van der Waals surface area contributed by atoms with Gasteiger partial charge >= 0.3 is 13.2 Å². The van der Waals surface area contributed by atoms with Crippen LogP contribution in [0.4, 0.5) is 9.18 Å². The zero-order valence-electron chi connectivity index (χ0n) is 15.7. The summed E-state index contributed by atoms with van der Waals surface area (Å²) in [4.78, 5) is 11.2. The highest BCUT2D eigenvalue weighted by Gasteiger charge is 2.55. The van der Waals surface area contributed by atoms with E-state index in [1.165, 1.54) is 6.07 Å². The summed E-state index contributed by atoms with van der Waals surface area (Å²) in [5.41, 5.74) is -2.49. The highest BCUT2D eigenvalue weighted by molar-refractivity contribution is 6.62. The maximum atomic E-state index is 14.9. The highest BCUT2D eigenvalue weighted by Crippen LogP contribution is 2.48. The van der Waals surface area contributed by atoms with Crippen LogP contribution in [0, 0.1) is 5.82 Å². The fourth-order valence-electron chi connectivity index (χ4n) is 3.84. The van der Waals surface area contributed by atoms with Crippen LogP contribution in [0.15, 0.2) is 18.2 Å². The maximum absolute atomic E-state index is 14.9. The van der Waals surface area contributed by atoms with Crippen LogP contribution in [0.5, 0.6) is 0 Å². The first-order valence-corrected chi connectivity index (χ1v) is 8.66. The van der Waals surface area contributed by atoms with E-state index in [-0.39, 0.29) is 18.4 Å². The molecule has 1 aliphatic heterocycles. The van der Waals surface area contributed by atoms with E-state index >= 15 is 0 Å². The van der Waals surface area contributed by atoms with E-state index in [0.717, 1.165) is 0 Å². The van der Waals surface area contributed by atoms with Gasteiger partial charge in [-0.25, -0.2) is 9.18 Å². The molecular weight excluding hydrogens is 340 g/mol. The van der Waals surface area contributed by atoms with Crippen LogP contribution in [0.25, 0.3) is 0 Å². The Bertz CT molecular complexity index is 725. The molecule has 142 valence electrons. The summed E-state index contributed by atoms with van der Waals surface area (Å²) in [5.74, 6) is -0.554. The molecule has 8 heteroatoms. The van der Waals surface area contributed by atoms with E-state index in [2.05, 4.69) is 5.32 Å². The number of hydrogen-bond donors (Lipinski definition) is 3. The molecule has 0 unspecified atom stereocenters. The first-order chi connectivity index (χ1) is 11.8. The van der Waals surface area contributed by atoms with E-state index in [1.807, 2.05) is 27.7 Å². The lowest BCUT2D eigenvalue weighted by Gasteiger charge is -2.51. The van der Waals surface area contributed by atoms with E-state index in [1.54, 1.807) is 19.1 Å². The zero-order chi connectivity index (χ0) is 19.5. The Kier molecular flexibility index (Phi) is 4.18. The molecule has 2 aliphatic rings. The summed E-state index contributed by atoms with van der Waals surface area (Å²) in [6.07, 6.45) is -1.03. The van der Waals surface area contributed by atoms with Crippen molar-refractivity contribution in [3.63, 3.8) is 0 Å². The monoisotopic (exact) mass is 365 g/mol. The maximum Gasteiger partial charge on any atom is 0.494 e. The largest absolute Gasteiger partial charge is 0.494 e. The summed E-state index contributed by atoms with van der Waals surface area (Å²) in [5, 5.41) is 21.6. The summed E-state index contributed by atoms with van der Waals surface area (Å²) < 4.78 is 26.7. The molecular formula is C18H25BFNO5. The number of nitrogens with one attached hydrogen (secondary N) is 1. The fraction of sp³-hybridized carbons (Fsp3) is 0.611. The molecule has 3 N–H and O–H groups in total. The first kappa shape index (κ1) is 19.1. The van der Waals surface area contributed by atoms with Crippen LogP contribution in [-0.4, -0.2) is 40.2 Å². The van der Waals surface area contributed by atoms with Gasteiger partial charge in [0.1, 0.15) is 5.82 Å². The smallest absolute Gasteiger partial charge is 0.465 e. The zero-order valence-corrected chi connectivity index (χ0v) is 15.7. The van der Waals surface area contributed by atoms with Crippen LogP contribution in [0.2, 0.25) is 0 Å². The summed E-state index contributed by atoms with van der Waals surface area (Å²) in [6.45, 7) is 9.27. The molecule has 1 amide bonds. The van der Waals surface area contributed by atoms with E-state index in [0.29, 0.717) is 5.46 Å². The molecule has 0 aromatic heterocycles. The number of aliphatic hydroxyl groups is 1. The topological polar surface area (TPSA) is 88.0 Å². The van der Waals surface area contributed by atoms with Gasteiger partial charge in [0.25, 0.3) is 0 Å². The average Bonchev–Trinajstić information content (AvgIpc) is 2.64. The van der Waals surface area contributed by atoms with Crippen molar-refractivity contribution < 1.29 is 28.7 Å². The van der Waals surface area contributed by atoms with Gasteiger partial charge in [0.2, 0.25) is 0 Å². The van der Waals surface area contributed by atoms with Crippen molar-refractivity contribution in [3.05, 3.63) is 29.6 Å². The molecule has 0 bridgehead atoms. The van der Waals surface area contributed by atoms with Crippen molar-refractivity contribution in [3.8, 4) is 0 Å². The third-order valence-corrected chi connectivity index (χ3v) is 5.75. The number of halogens is 1. The summed E-state index contributed by atoms with van der Waals surface area (Å²) in [6, 6.07) is 4.54. The molecule has 0 radical (unpaired) electrons. The van der Waals surface area contributed by atoms with Crippen molar-refractivity contribution in [2.45, 2.75) is 69.8 Å². The molecule has 0 atom stereocenters. The molecule has 1 saturated carbocycles. The predicted molar refractivity (Wildman–Crippen MR) is 94.8 cm³/mol. The standard InChI is InChI=1S/C18H25BFNO5/c1-15(2)16(3,4)26-19(25-15)11-6-7-12(13(20)8-11)18(21-14(22)23)9-17(5,24)10-18/h6-8,21,24H,9-10H2,1-5H3,(H,22,23). The van der Waals surface area contributed by atoms with Crippen LogP contribution in [0.1, 0.15) is 53.0 Å². The number of carbonyl (C=O) groups is 1. The lowest BCUT2D eigenvalue weighted by molar-refractivity contribution is -0.0869. The van der Waals surface area contributed by atoms with Crippen LogP contribution < -0.4 is 10.8 Å². The van der Waals surface area contributed by atoms with Gasteiger partial charge in [-0.1, -0.05) is 12.1 Å². The SMILES string of the molecule is CC1(O)CC(NC(=O)O)(c2ccc(B3OC(C)(C)C(C)(C)O3)cc2F)C1. The number of rotatable bonds is 3. The Morgan fingerprint density at radius 1 is 1.15 bits per heavy atom. The minimum absolute atomic E-state index is 0.110. The highest BCUT2D eigenvalue weighted by atomic mass is 19.1. The van der Waals surface area contributed by atoms with Gasteiger partial charge in [-0.05, 0) is 46.1 Å². The number of amides is 1.